The highest BCUT2D eigenvalue weighted by Crippen LogP contribution is 2.31. The Hall–Kier alpha value is -3.37. The van der Waals surface area contributed by atoms with E-state index in [1.165, 1.54) is 6.33 Å². The first-order chi connectivity index (χ1) is 19.0. The van der Waals surface area contributed by atoms with Crippen LogP contribution >= 0.6 is 11.6 Å². The lowest BCUT2D eigenvalue weighted by Gasteiger charge is -2.42. The van der Waals surface area contributed by atoms with Crippen LogP contribution in [-0.2, 0) is 9.53 Å². The summed E-state index contributed by atoms with van der Waals surface area (Å²) < 4.78 is 5.58. The summed E-state index contributed by atoms with van der Waals surface area (Å²) in [6.07, 6.45) is 5.17. The maximum atomic E-state index is 14.1. The van der Waals surface area contributed by atoms with E-state index in [1.807, 2.05) is 50.6 Å². The molecule has 1 unspecified atom stereocenters. The van der Waals surface area contributed by atoms with Gasteiger partial charge in [-0.05, 0) is 90.9 Å². The molecule has 0 bridgehead atoms. The van der Waals surface area contributed by atoms with Gasteiger partial charge in [-0.3, -0.25) is 4.79 Å². The van der Waals surface area contributed by atoms with Gasteiger partial charge in [0, 0.05) is 24.3 Å². The molecule has 40 heavy (non-hydrogen) atoms. The highest BCUT2D eigenvalue weighted by molar-refractivity contribution is 6.30. The summed E-state index contributed by atoms with van der Waals surface area (Å²) in [7, 11) is 4.06. The molecule has 11 heteroatoms. The molecule has 1 aliphatic heterocycles. The average molecular weight is 570 g/mol. The fraction of sp³-hybridized carbons (Fsp3) is 0.517. The summed E-state index contributed by atoms with van der Waals surface area (Å²) >= 11 is 6.14. The molecule has 1 aliphatic rings. The van der Waals surface area contributed by atoms with E-state index < -0.39 is 17.2 Å². The molecule has 1 aromatic carbocycles. The van der Waals surface area contributed by atoms with Crippen LogP contribution in [0.5, 0.6) is 0 Å². The van der Waals surface area contributed by atoms with Gasteiger partial charge in [0.15, 0.2) is 0 Å². The fourth-order valence-electron chi connectivity index (χ4n) is 5.04. The quantitative estimate of drug-likeness (QED) is 0.343. The van der Waals surface area contributed by atoms with Crippen molar-refractivity contribution in [2.75, 3.05) is 38.6 Å². The molecule has 1 saturated heterocycles. The second kappa shape index (κ2) is 12.4. The Morgan fingerprint density at radius 2 is 1.85 bits per heavy atom. The number of halogens is 1. The zero-order chi connectivity index (χ0) is 28.9. The SMILES string of the molecule is CN(C)CCCC(NC(=O)C1(NC(=O)OC(C)(C)C)CCN(c2ncnc3[nH]ccc23)CC1)c1ccc(Cl)cc1. The van der Waals surface area contributed by atoms with Gasteiger partial charge in [-0.2, -0.15) is 0 Å². The second-order valence-electron chi connectivity index (χ2n) is 11.7. The summed E-state index contributed by atoms with van der Waals surface area (Å²) in [5.74, 6) is 0.581. The van der Waals surface area contributed by atoms with Gasteiger partial charge in [-0.15, -0.1) is 0 Å². The number of piperidine rings is 1. The van der Waals surface area contributed by atoms with E-state index in [0.717, 1.165) is 41.8 Å². The monoisotopic (exact) mass is 569 g/mol. The Bertz CT molecular complexity index is 1290. The molecule has 10 nitrogen and oxygen atoms in total. The molecule has 2 amide bonds. The smallest absolute Gasteiger partial charge is 0.408 e. The number of hydrogen-bond donors (Lipinski definition) is 3. The van der Waals surface area contributed by atoms with Crippen molar-refractivity contribution in [2.24, 2.45) is 0 Å². The molecule has 0 aliphatic carbocycles. The number of rotatable bonds is 9. The van der Waals surface area contributed by atoms with Gasteiger partial charge in [-0.1, -0.05) is 23.7 Å². The Balaban J connectivity index is 1.57. The van der Waals surface area contributed by atoms with Crippen LogP contribution in [-0.4, -0.2) is 76.7 Å². The number of amides is 2. The van der Waals surface area contributed by atoms with E-state index in [-0.39, 0.29) is 11.9 Å². The Morgan fingerprint density at radius 1 is 1.15 bits per heavy atom. The third-order valence-corrected chi connectivity index (χ3v) is 7.35. The molecule has 0 spiro atoms. The molecule has 0 saturated carbocycles. The molecule has 3 heterocycles. The Labute approximate surface area is 240 Å². The third-order valence-electron chi connectivity index (χ3n) is 7.10. The number of aromatic amines is 1. The number of nitrogens with zero attached hydrogens (tertiary/aromatic N) is 4. The maximum Gasteiger partial charge on any atom is 0.408 e. The Kier molecular flexibility index (Phi) is 9.20. The molecule has 3 aromatic rings. The van der Waals surface area contributed by atoms with E-state index in [1.54, 1.807) is 20.8 Å². The topological polar surface area (TPSA) is 115 Å². The van der Waals surface area contributed by atoms with E-state index in [0.29, 0.717) is 31.0 Å². The number of anilines is 1. The minimum Gasteiger partial charge on any atom is -0.444 e. The van der Waals surface area contributed by atoms with E-state index in [4.69, 9.17) is 16.3 Å². The van der Waals surface area contributed by atoms with Crippen LogP contribution in [0.3, 0.4) is 0 Å². The lowest BCUT2D eigenvalue weighted by Crippen LogP contribution is -2.64. The molecule has 4 rings (SSSR count). The van der Waals surface area contributed by atoms with Gasteiger partial charge in [0.05, 0.1) is 11.4 Å². The first-order valence-electron chi connectivity index (χ1n) is 13.7. The molecule has 2 aromatic heterocycles. The van der Waals surface area contributed by atoms with Crippen molar-refractivity contribution in [3.63, 3.8) is 0 Å². The molecular formula is C29H40ClN7O3. The summed E-state index contributed by atoms with van der Waals surface area (Å²) in [5, 5.41) is 7.79. The molecule has 1 fully saturated rings. The summed E-state index contributed by atoms with van der Waals surface area (Å²) in [6, 6.07) is 9.26. The van der Waals surface area contributed by atoms with Gasteiger partial charge < -0.3 is 30.2 Å². The van der Waals surface area contributed by atoms with Gasteiger partial charge >= 0.3 is 6.09 Å². The number of carbonyl (C=O) groups excluding carboxylic acids is 2. The van der Waals surface area contributed by atoms with E-state index in [9.17, 15) is 9.59 Å². The number of benzene rings is 1. The van der Waals surface area contributed by atoms with Crippen molar-refractivity contribution in [3.05, 3.63) is 53.4 Å². The summed E-state index contributed by atoms with van der Waals surface area (Å²) in [4.78, 5) is 43.3. The first-order valence-corrected chi connectivity index (χ1v) is 14.1. The zero-order valence-corrected chi connectivity index (χ0v) is 24.7. The second-order valence-corrected chi connectivity index (χ2v) is 12.1. The van der Waals surface area contributed by atoms with Gasteiger partial charge in [0.25, 0.3) is 0 Å². The minimum atomic E-state index is -1.14. The van der Waals surface area contributed by atoms with Crippen LogP contribution in [0, 0.1) is 0 Å². The Morgan fingerprint density at radius 3 is 2.50 bits per heavy atom. The molecule has 0 radical (unpaired) electrons. The number of H-pyrrole nitrogens is 1. The maximum absolute atomic E-state index is 14.1. The van der Waals surface area contributed by atoms with Gasteiger partial charge in [-0.25, -0.2) is 14.8 Å². The number of alkyl carbamates (subject to hydrolysis) is 1. The lowest BCUT2D eigenvalue weighted by atomic mass is 9.85. The molecular weight excluding hydrogens is 530 g/mol. The van der Waals surface area contributed by atoms with Crippen LogP contribution in [0.25, 0.3) is 11.0 Å². The predicted octanol–water partition coefficient (Wildman–Crippen LogP) is 4.67. The number of carbonyl (C=O) groups is 2. The standard InChI is InChI=1S/C29H40ClN7O3/c1-28(2,3)40-27(39)35-29(13-17-37(18-14-29)25-22-12-15-31-24(22)32-19-33-25)26(38)34-23(7-6-16-36(4)5)20-8-10-21(30)11-9-20/h8-12,15,19,23H,6-7,13-14,16-18H2,1-5H3,(H,34,38)(H,35,39)(H,31,32,33). The van der Waals surface area contributed by atoms with Crippen molar-refractivity contribution in [3.8, 4) is 0 Å². The number of aromatic nitrogens is 3. The summed E-state index contributed by atoms with van der Waals surface area (Å²) in [6.45, 7) is 7.35. The van der Waals surface area contributed by atoms with Crippen LogP contribution < -0.4 is 15.5 Å². The molecule has 3 N–H and O–H groups in total. The lowest BCUT2D eigenvalue weighted by molar-refractivity contribution is -0.129. The predicted molar refractivity (Wildman–Crippen MR) is 158 cm³/mol. The third kappa shape index (κ3) is 7.42. The van der Waals surface area contributed by atoms with E-state index in [2.05, 4.69) is 35.4 Å². The number of ether oxygens (including phenoxy) is 1. The van der Waals surface area contributed by atoms with Crippen LogP contribution in [0.2, 0.25) is 5.02 Å². The van der Waals surface area contributed by atoms with Crippen LogP contribution in [0.1, 0.15) is 58.1 Å². The van der Waals surface area contributed by atoms with Crippen molar-refractivity contribution in [1.29, 1.82) is 0 Å². The van der Waals surface area contributed by atoms with E-state index >= 15 is 0 Å². The van der Waals surface area contributed by atoms with Crippen LogP contribution in [0.4, 0.5) is 10.6 Å². The van der Waals surface area contributed by atoms with Crippen molar-refractivity contribution < 1.29 is 14.3 Å². The number of fused-ring (bicyclic) bond motifs is 1. The van der Waals surface area contributed by atoms with Gasteiger partial charge in [0.1, 0.15) is 28.9 Å². The molecule has 216 valence electrons. The fourth-order valence-corrected chi connectivity index (χ4v) is 5.17. The van der Waals surface area contributed by atoms with Crippen molar-refractivity contribution in [1.82, 2.24) is 30.5 Å². The van der Waals surface area contributed by atoms with Gasteiger partial charge in [0.2, 0.25) is 5.91 Å². The number of nitrogens with one attached hydrogen (secondary N) is 3. The highest BCUT2D eigenvalue weighted by Gasteiger charge is 2.45. The number of hydrogen-bond acceptors (Lipinski definition) is 7. The average Bonchev–Trinajstić information content (AvgIpc) is 3.37. The first kappa shape index (κ1) is 29.6. The minimum absolute atomic E-state index is 0.225. The summed E-state index contributed by atoms with van der Waals surface area (Å²) in [5.41, 5.74) is -0.108. The van der Waals surface area contributed by atoms with Crippen LogP contribution in [0.15, 0.2) is 42.9 Å². The molecule has 1 atom stereocenters. The normalized spacial score (nSPS) is 16.1. The van der Waals surface area contributed by atoms with Crippen molar-refractivity contribution >= 4 is 40.5 Å². The largest absolute Gasteiger partial charge is 0.444 e. The van der Waals surface area contributed by atoms with Crippen molar-refractivity contribution in [2.45, 2.75) is 63.6 Å². The zero-order valence-electron chi connectivity index (χ0n) is 24.0. The highest BCUT2D eigenvalue weighted by atomic mass is 35.5.